The molecule has 2 aliphatic heterocycles. The number of aliphatic hydroxyl groups is 1. The largest absolute Gasteiger partial charge is 0.497 e. The van der Waals surface area contributed by atoms with E-state index in [1.807, 2.05) is 4.90 Å². The first-order valence-corrected chi connectivity index (χ1v) is 9.49. The van der Waals surface area contributed by atoms with Gasteiger partial charge < -0.3 is 14.7 Å². The van der Waals surface area contributed by atoms with E-state index in [1.165, 1.54) is 6.07 Å². The van der Waals surface area contributed by atoms with Crippen LogP contribution >= 0.6 is 0 Å². The maximum atomic E-state index is 14.2. The number of carbonyl (C=O) groups excluding carboxylic acids is 1. The molecule has 0 unspecified atom stereocenters. The zero-order chi connectivity index (χ0) is 18.6. The van der Waals surface area contributed by atoms with Crippen molar-refractivity contribution >= 4 is 5.91 Å². The average Bonchev–Trinajstić information content (AvgIpc) is 2.65. The van der Waals surface area contributed by atoms with Gasteiger partial charge in [-0.05, 0) is 50.4 Å². The molecule has 2 aliphatic rings. The van der Waals surface area contributed by atoms with Crippen LogP contribution in [0.3, 0.4) is 0 Å². The molecular weight excluding hydrogens is 335 g/mol. The number of halogens is 1. The Labute approximate surface area is 154 Å². The highest BCUT2D eigenvalue weighted by molar-refractivity contribution is 5.77. The van der Waals surface area contributed by atoms with Crippen molar-refractivity contribution in [3.05, 3.63) is 29.6 Å². The van der Waals surface area contributed by atoms with E-state index in [1.54, 1.807) is 19.2 Å². The second-order valence-corrected chi connectivity index (χ2v) is 7.66. The molecule has 2 fully saturated rings. The summed E-state index contributed by atoms with van der Waals surface area (Å²) in [6, 6.07) is 4.88. The van der Waals surface area contributed by atoms with Crippen molar-refractivity contribution in [3.8, 4) is 5.75 Å². The molecule has 1 amide bonds. The number of benzene rings is 1. The third-order valence-corrected chi connectivity index (χ3v) is 5.72. The van der Waals surface area contributed by atoms with Crippen LogP contribution in [0, 0.1) is 11.2 Å². The molecule has 0 aliphatic carbocycles. The van der Waals surface area contributed by atoms with E-state index in [0.717, 1.165) is 38.9 Å². The Morgan fingerprint density at radius 1 is 1.31 bits per heavy atom. The van der Waals surface area contributed by atoms with Crippen molar-refractivity contribution in [1.29, 1.82) is 0 Å². The van der Waals surface area contributed by atoms with Gasteiger partial charge in [0.2, 0.25) is 5.91 Å². The van der Waals surface area contributed by atoms with Gasteiger partial charge in [-0.3, -0.25) is 9.69 Å². The van der Waals surface area contributed by atoms with Gasteiger partial charge in [0, 0.05) is 50.2 Å². The summed E-state index contributed by atoms with van der Waals surface area (Å²) < 4.78 is 19.4. The molecule has 6 heteroatoms. The summed E-state index contributed by atoms with van der Waals surface area (Å²) in [6.07, 6.45) is 4.27. The highest BCUT2D eigenvalue weighted by atomic mass is 19.1. The third kappa shape index (κ3) is 4.35. The van der Waals surface area contributed by atoms with Crippen molar-refractivity contribution in [3.63, 3.8) is 0 Å². The Morgan fingerprint density at radius 3 is 2.92 bits per heavy atom. The fraction of sp³-hybridized carbons (Fsp3) is 0.650. The lowest BCUT2D eigenvalue weighted by Gasteiger charge is -2.48. The fourth-order valence-electron chi connectivity index (χ4n) is 4.39. The number of piperidine rings is 2. The zero-order valence-corrected chi connectivity index (χ0v) is 15.5. The average molecular weight is 364 g/mol. The van der Waals surface area contributed by atoms with Gasteiger partial charge in [0.25, 0.3) is 0 Å². The number of likely N-dealkylation sites (tertiary alicyclic amines) is 2. The Morgan fingerprint density at radius 2 is 2.15 bits per heavy atom. The number of methoxy groups -OCH3 is 1. The van der Waals surface area contributed by atoms with Gasteiger partial charge in [0.15, 0.2) is 0 Å². The van der Waals surface area contributed by atoms with E-state index < -0.39 is 0 Å². The van der Waals surface area contributed by atoms with E-state index in [0.29, 0.717) is 37.2 Å². The molecule has 5 nitrogen and oxygen atoms in total. The van der Waals surface area contributed by atoms with Gasteiger partial charge >= 0.3 is 0 Å². The summed E-state index contributed by atoms with van der Waals surface area (Å²) in [5.74, 6) is 0.667. The van der Waals surface area contributed by atoms with Gasteiger partial charge in [-0.15, -0.1) is 0 Å². The van der Waals surface area contributed by atoms with E-state index in [4.69, 9.17) is 9.84 Å². The van der Waals surface area contributed by atoms with Gasteiger partial charge in [0.1, 0.15) is 11.6 Å². The molecule has 0 bridgehead atoms. The summed E-state index contributed by atoms with van der Waals surface area (Å²) in [7, 11) is 1.59. The van der Waals surface area contributed by atoms with Crippen molar-refractivity contribution in [2.45, 2.75) is 38.6 Å². The molecule has 3 rings (SSSR count). The fourth-order valence-corrected chi connectivity index (χ4v) is 4.39. The van der Waals surface area contributed by atoms with Crippen molar-refractivity contribution in [1.82, 2.24) is 9.80 Å². The summed E-state index contributed by atoms with van der Waals surface area (Å²) in [5, 5.41) is 9.07. The number of rotatable bonds is 6. The summed E-state index contributed by atoms with van der Waals surface area (Å²) in [6.45, 7) is 3.88. The highest BCUT2D eigenvalue weighted by Gasteiger charge is 2.41. The highest BCUT2D eigenvalue weighted by Crippen LogP contribution is 2.39. The first-order chi connectivity index (χ1) is 12.5. The van der Waals surface area contributed by atoms with Crippen LogP contribution in [-0.4, -0.2) is 60.7 Å². The van der Waals surface area contributed by atoms with Gasteiger partial charge in [-0.25, -0.2) is 4.39 Å². The van der Waals surface area contributed by atoms with Gasteiger partial charge in [-0.1, -0.05) is 0 Å². The van der Waals surface area contributed by atoms with Gasteiger partial charge in [-0.2, -0.15) is 0 Å². The summed E-state index contributed by atoms with van der Waals surface area (Å²) in [4.78, 5) is 16.4. The number of aliphatic hydroxyl groups excluding tert-OH is 1. The van der Waals surface area contributed by atoms with Crippen LogP contribution in [0.5, 0.6) is 5.75 Å². The van der Waals surface area contributed by atoms with Crippen molar-refractivity contribution in [2.75, 3.05) is 39.9 Å². The molecule has 0 radical (unpaired) electrons. The molecule has 144 valence electrons. The molecule has 2 saturated heterocycles. The summed E-state index contributed by atoms with van der Waals surface area (Å²) in [5.41, 5.74) is 0.752. The second-order valence-electron chi connectivity index (χ2n) is 7.66. The Balaban J connectivity index is 1.68. The molecule has 1 spiro atoms. The van der Waals surface area contributed by atoms with Crippen molar-refractivity contribution in [2.24, 2.45) is 5.41 Å². The standard InChI is InChI=1S/C20H29FN2O3/c1-26-17-4-5-18(21)16(12-17)13-22-9-2-7-20(14-22)8-6-19(25)23(15-20)10-3-11-24/h4-5,12,24H,2-3,6-11,13-15H2,1H3/t20-/m0/s1. The molecule has 0 saturated carbocycles. The SMILES string of the molecule is COc1ccc(F)c(CN2CCC[C@]3(CCC(=O)N(CCCO)C3)C2)c1. The lowest BCUT2D eigenvalue weighted by molar-refractivity contribution is -0.139. The van der Waals surface area contributed by atoms with E-state index in [-0.39, 0.29) is 23.7 Å². The number of amides is 1. The Bertz CT molecular complexity index is 639. The lowest BCUT2D eigenvalue weighted by atomic mass is 9.73. The smallest absolute Gasteiger partial charge is 0.222 e. The topological polar surface area (TPSA) is 53.0 Å². The maximum absolute atomic E-state index is 14.2. The van der Waals surface area contributed by atoms with Crippen LogP contribution in [0.2, 0.25) is 0 Å². The van der Waals surface area contributed by atoms with E-state index >= 15 is 0 Å². The maximum Gasteiger partial charge on any atom is 0.222 e. The molecule has 1 atom stereocenters. The van der Waals surface area contributed by atoms with Crippen LogP contribution in [-0.2, 0) is 11.3 Å². The molecule has 0 aromatic heterocycles. The van der Waals surface area contributed by atoms with Gasteiger partial charge in [0.05, 0.1) is 7.11 Å². The molecule has 1 aromatic carbocycles. The first kappa shape index (κ1) is 19.1. The molecule has 1 aromatic rings. The van der Waals surface area contributed by atoms with Crippen molar-refractivity contribution < 1.29 is 19.0 Å². The number of hydrogen-bond donors (Lipinski definition) is 1. The number of hydrogen-bond acceptors (Lipinski definition) is 4. The summed E-state index contributed by atoms with van der Waals surface area (Å²) >= 11 is 0. The third-order valence-electron chi connectivity index (χ3n) is 5.72. The molecular formula is C20H29FN2O3. The monoisotopic (exact) mass is 364 g/mol. The second kappa shape index (κ2) is 8.35. The minimum Gasteiger partial charge on any atom is -0.497 e. The number of carbonyl (C=O) groups is 1. The minimum atomic E-state index is -0.200. The predicted molar refractivity (Wildman–Crippen MR) is 97.4 cm³/mol. The first-order valence-electron chi connectivity index (χ1n) is 9.49. The van der Waals surface area contributed by atoms with Crippen LogP contribution < -0.4 is 4.74 Å². The Hall–Kier alpha value is -1.66. The predicted octanol–water partition coefficient (Wildman–Crippen LogP) is 2.42. The molecule has 2 heterocycles. The number of ether oxygens (including phenoxy) is 1. The lowest BCUT2D eigenvalue weighted by Crippen LogP contribution is -2.54. The minimum absolute atomic E-state index is 0.0942. The van der Waals surface area contributed by atoms with Crippen LogP contribution in [0.1, 0.15) is 37.7 Å². The molecule has 1 N–H and O–H groups in total. The molecule has 26 heavy (non-hydrogen) atoms. The zero-order valence-electron chi connectivity index (χ0n) is 15.5. The van der Waals surface area contributed by atoms with E-state index in [2.05, 4.69) is 4.90 Å². The normalized spacial score (nSPS) is 24.3. The number of nitrogens with zero attached hydrogens (tertiary/aromatic N) is 2. The quantitative estimate of drug-likeness (QED) is 0.842. The van der Waals surface area contributed by atoms with Crippen LogP contribution in [0.4, 0.5) is 4.39 Å². The van der Waals surface area contributed by atoms with Crippen LogP contribution in [0.15, 0.2) is 18.2 Å². The van der Waals surface area contributed by atoms with E-state index in [9.17, 15) is 9.18 Å². The Kier molecular flexibility index (Phi) is 6.14. The van der Waals surface area contributed by atoms with Crippen LogP contribution in [0.25, 0.3) is 0 Å².